The molecule has 0 amide bonds. The van der Waals surface area contributed by atoms with E-state index in [9.17, 15) is 0 Å². The third-order valence-corrected chi connectivity index (χ3v) is 3.98. The lowest BCUT2D eigenvalue weighted by Gasteiger charge is -2.36. The lowest BCUT2D eigenvalue weighted by molar-refractivity contribution is 0.219. The van der Waals surface area contributed by atoms with Gasteiger partial charge in [-0.25, -0.2) is 0 Å². The first-order chi connectivity index (χ1) is 7.52. The van der Waals surface area contributed by atoms with Crippen LogP contribution in [0.15, 0.2) is 24.4 Å². The van der Waals surface area contributed by atoms with Crippen LogP contribution in [-0.2, 0) is 0 Å². The standard InChI is InChI=1S/C16H31N/c1-10-11-16(7,8)17(9)12-13(2)14(3)15(4,5)6/h10,12,14H,1,11H2,2-9H3/b13-12+. The minimum Gasteiger partial charge on any atom is -0.375 e. The summed E-state index contributed by atoms with van der Waals surface area (Å²) >= 11 is 0. The second-order valence-electron chi connectivity index (χ2n) is 6.88. The van der Waals surface area contributed by atoms with Gasteiger partial charge < -0.3 is 4.90 Å². The molecule has 1 atom stereocenters. The van der Waals surface area contributed by atoms with Crippen molar-refractivity contribution in [1.82, 2.24) is 4.90 Å². The van der Waals surface area contributed by atoms with Crippen LogP contribution < -0.4 is 0 Å². The van der Waals surface area contributed by atoms with Gasteiger partial charge in [-0.15, -0.1) is 6.58 Å². The first-order valence-corrected chi connectivity index (χ1v) is 6.54. The number of rotatable bonds is 5. The largest absolute Gasteiger partial charge is 0.375 e. The van der Waals surface area contributed by atoms with Gasteiger partial charge >= 0.3 is 0 Å². The van der Waals surface area contributed by atoms with Crippen LogP contribution >= 0.6 is 0 Å². The molecule has 0 radical (unpaired) electrons. The highest BCUT2D eigenvalue weighted by atomic mass is 15.1. The Morgan fingerprint density at radius 2 is 1.71 bits per heavy atom. The molecule has 0 N–H and O–H groups in total. The molecule has 0 fully saturated rings. The molecule has 0 saturated heterocycles. The molecule has 1 unspecified atom stereocenters. The van der Waals surface area contributed by atoms with E-state index in [4.69, 9.17) is 0 Å². The fraction of sp³-hybridized carbons (Fsp3) is 0.750. The van der Waals surface area contributed by atoms with Crippen LogP contribution in [0, 0.1) is 11.3 Å². The zero-order valence-electron chi connectivity index (χ0n) is 13.1. The second-order valence-corrected chi connectivity index (χ2v) is 6.88. The van der Waals surface area contributed by atoms with E-state index in [1.807, 2.05) is 6.08 Å². The molecule has 0 aliphatic heterocycles. The van der Waals surface area contributed by atoms with Crippen LogP contribution in [0.25, 0.3) is 0 Å². The van der Waals surface area contributed by atoms with Gasteiger partial charge in [-0.2, -0.15) is 0 Å². The Balaban J connectivity index is 4.85. The van der Waals surface area contributed by atoms with Gasteiger partial charge in [0.05, 0.1) is 0 Å². The molecule has 0 heterocycles. The molecule has 17 heavy (non-hydrogen) atoms. The van der Waals surface area contributed by atoms with E-state index in [0.717, 1.165) is 6.42 Å². The molecule has 100 valence electrons. The van der Waals surface area contributed by atoms with Crippen LogP contribution in [0.2, 0.25) is 0 Å². The monoisotopic (exact) mass is 237 g/mol. The van der Waals surface area contributed by atoms with E-state index >= 15 is 0 Å². The van der Waals surface area contributed by atoms with Crippen LogP contribution in [-0.4, -0.2) is 17.5 Å². The van der Waals surface area contributed by atoms with Gasteiger partial charge in [0.25, 0.3) is 0 Å². The average molecular weight is 237 g/mol. The van der Waals surface area contributed by atoms with Crippen LogP contribution in [0.3, 0.4) is 0 Å². The number of allylic oxidation sites excluding steroid dienone is 1. The van der Waals surface area contributed by atoms with Crippen molar-refractivity contribution in [1.29, 1.82) is 0 Å². The van der Waals surface area contributed by atoms with Gasteiger partial charge in [0, 0.05) is 12.6 Å². The lowest BCUT2D eigenvalue weighted by atomic mass is 9.78. The lowest BCUT2D eigenvalue weighted by Crippen LogP contribution is -2.37. The molecule has 0 aliphatic rings. The summed E-state index contributed by atoms with van der Waals surface area (Å²) in [7, 11) is 2.16. The fourth-order valence-electron chi connectivity index (χ4n) is 1.77. The highest BCUT2D eigenvalue weighted by molar-refractivity contribution is 5.07. The molecule has 0 aromatic carbocycles. The maximum absolute atomic E-state index is 3.83. The van der Waals surface area contributed by atoms with Gasteiger partial charge in [-0.05, 0) is 44.7 Å². The third-order valence-electron chi connectivity index (χ3n) is 3.98. The summed E-state index contributed by atoms with van der Waals surface area (Å²) in [5.74, 6) is 0.587. The van der Waals surface area contributed by atoms with E-state index in [2.05, 4.69) is 73.2 Å². The predicted octanol–water partition coefficient (Wildman–Crippen LogP) is 4.86. The SMILES string of the molecule is C=CCC(C)(C)N(C)/C=C(\C)C(C)C(C)(C)C. The molecule has 1 heteroatoms. The summed E-state index contributed by atoms with van der Waals surface area (Å²) in [6.45, 7) is 19.8. The Morgan fingerprint density at radius 1 is 1.24 bits per heavy atom. The Morgan fingerprint density at radius 3 is 2.06 bits per heavy atom. The molecule has 0 rings (SSSR count). The molecular formula is C16H31N. The summed E-state index contributed by atoms with van der Waals surface area (Å²) in [6, 6.07) is 0. The van der Waals surface area contributed by atoms with E-state index in [1.54, 1.807) is 0 Å². The number of hydrogen-bond acceptors (Lipinski definition) is 1. The van der Waals surface area contributed by atoms with Crippen molar-refractivity contribution in [3.8, 4) is 0 Å². The summed E-state index contributed by atoms with van der Waals surface area (Å²) in [5, 5.41) is 0. The average Bonchev–Trinajstić information content (AvgIpc) is 2.14. The number of nitrogens with zero attached hydrogens (tertiary/aromatic N) is 1. The maximum atomic E-state index is 3.83. The highest BCUT2D eigenvalue weighted by Gasteiger charge is 2.24. The maximum Gasteiger partial charge on any atom is 0.0371 e. The van der Waals surface area contributed by atoms with Crippen molar-refractivity contribution in [3.63, 3.8) is 0 Å². The smallest absolute Gasteiger partial charge is 0.0371 e. The molecule has 0 spiro atoms. The Hall–Kier alpha value is -0.720. The van der Waals surface area contributed by atoms with E-state index in [1.165, 1.54) is 5.57 Å². The van der Waals surface area contributed by atoms with Gasteiger partial charge in [-0.1, -0.05) is 39.3 Å². The minimum absolute atomic E-state index is 0.139. The van der Waals surface area contributed by atoms with E-state index in [-0.39, 0.29) is 5.54 Å². The first-order valence-electron chi connectivity index (χ1n) is 6.54. The summed E-state index contributed by atoms with van der Waals surface area (Å²) in [4.78, 5) is 2.31. The predicted molar refractivity (Wildman–Crippen MR) is 79.0 cm³/mol. The van der Waals surface area contributed by atoms with E-state index < -0.39 is 0 Å². The minimum atomic E-state index is 0.139. The molecule has 0 aromatic heterocycles. The summed E-state index contributed by atoms with van der Waals surface area (Å²) in [5.41, 5.74) is 1.90. The topological polar surface area (TPSA) is 3.24 Å². The first kappa shape index (κ1) is 16.3. The van der Waals surface area contributed by atoms with Crippen molar-refractivity contribution in [2.24, 2.45) is 11.3 Å². The Kier molecular flexibility index (Phi) is 5.51. The van der Waals surface area contributed by atoms with Crippen molar-refractivity contribution in [3.05, 3.63) is 24.4 Å². The van der Waals surface area contributed by atoms with Crippen molar-refractivity contribution in [2.45, 2.75) is 60.4 Å². The zero-order valence-corrected chi connectivity index (χ0v) is 13.1. The Bertz CT molecular complexity index is 278. The van der Waals surface area contributed by atoms with Gasteiger partial charge in [0.15, 0.2) is 0 Å². The van der Waals surface area contributed by atoms with Crippen LogP contribution in [0.5, 0.6) is 0 Å². The van der Waals surface area contributed by atoms with Crippen molar-refractivity contribution < 1.29 is 0 Å². The third kappa shape index (κ3) is 4.97. The molecular weight excluding hydrogens is 206 g/mol. The normalized spacial score (nSPS) is 15.6. The van der Waals surface area contributed by atoms with Gasteiger partial charge in [0.2, 0.25) is 0 Å². The van der Waals surface area contributed by atoms with Crippen molar-refractivity contribution >= 4 is 0 Å². The van der Waals surface area contributed by atoms with Crippen LogP contribution in [0.4, 0.5) is 0 Å². The summed E-state index contributed by atoms with van der Waals surface area (Å²) < 4.78 is 0. The highest BCUT2D eigenvalue weighted by Crippen LogP contribution is 2.32. The fourth-order valence-corrected chi connectivity index (χ4v) is 1.77. The number of hydrogen-bond donors (Lipinski definition) is 0. The van der Waals surface area contributed by atoms with Crippen LogP contribution in [0.1, 0.15) is 54.9 Å². The Labute approximate surface area is 109 Å². The van der Waals surface area contributed by atoms with Gasteiger partial charge in [0.1, 0.15) is 0 Å². The van der Waals surface area contributed by atoms with Crippen molar-refractivity contribution in [2.75, 3.05) is 7.05 Å². The zero-order chi connectivity index (χ0) is 13.9. The second kappa shape index (κ2) is 5.75. The molecule has 0 aliphatic carbocycles. The molecule has 0 aromatic rings. The molecule has 0 saturated carbocycles. The molecule has 1 nitrogen and oxygen atoms in total. The quantitative estimate of drug-likeness (QED) is 0.617. The van der Waals surface area contributed by atoms with E-state index in [0.29, 0.717) is 11.3 Å². The molecule has 0 bridgehead atoms. The van der Waals surface area contributed by atoms with Gasteiger partial charge in [-0.3, -0.25) is 0 Å². The summed E-state index contributed by atoms with van der Waals surface area (Å²) in [6.07, 6.45) is 5.28.